The van der Waals surface area contributed by atoms with E-state index in [1.165, 1.54) is 36.4 Å². The van der Waals surface area contributed by atoms with Crippen LogP contribution in [0.3, 0.4) is 0 Å². The highest BCUT2D eigenvalue weighted by Crippen LogP contribution is 2.23. The van der Waals surface area contributed by atoms with Gasteiger partial charge >= 0.3 is 5.97 Å². The molecule has 0 aliphatic carbocycles. The van der Waals surface area contributed by atoms with E-state index >= 15 is 0 Å². The number of aromatic carboxylic acids is 1. The molecular formula is C27H37N3O7S. The van der Waals surface area contributed by atoms with Gasteiger partial charge in [-0.3, -0.25) is 14.4 Å². The van der Waals surface area contributed by atoms with Crippen LogP contribution in [0.15, 0.2) is 53.4 Å². The zero-order chi connectivity index (χ0) is 29.3. The van der Waals surface area contributed by atoms with E-state index in [2.05, 4.69) is 10.6 Å². The summed E-state index contributed by atoms with van der Waals surface area (Å²) in [7, 11) is -3.85. The van der Waals surface area contributed by atoms with E-state index in [1.54, 1.807) is 12.1 Å². The minimum Gasteiger partial charge on any atom is -0.478 e. The van der Waals surface area contributed by atoms with Gasteiger partial charge in [0.15, 0.2) is 0 Å². The third-order valence-electron chi connectivity index (χ3n) is 6.09. The van der Waals surface area contributed by atoms with Gasteiger partial charge in [0.25, 0.3) is 10.0 Å². The average molecular weight is 548 g/mol. The first-order valence-electron chi connectivity index (χ1n) is 12.0. The molecule has 10 nitrogen and oxygen atoms in total. The number of amides is 3. The summed E-state index contributed by atoms with van der Waals surface area (Å²) in [5.74, 6) is -1.83. The van der Waals surface area contributed by atoms with Crippen LogP contribution in [0, 0.1) is 10.8 Å². The summed E-state index contributed by atoms with van der Waals surface area (Å²) in [6.45, 7) is 12.4. The maximum atomic E-state index is 12.0. The SMILES string of the molecule is CCC(C)(C)C(=O)Nc1ccc(C(=O)O)cc1.CCC(C)(C)C(=O)Nc1ccc(S(=O)(=O)NC(C)=O)cc1. The molecule has 11 heteroatoms. The molecule has 208 valence electrons. The fourth-order valence-electron chi connectivity index (χ4n) is 2.58. The zero-order valence-electron chi connectivity index (χ0n) is 22.8. The molecule has 3 amide bonds. The number of carbonyl (C=O) groups is 4. The van der Waals surface area contributed by atoms with Crippen molar-refractivity contribution in [3.05, 3.63) is 54.1 Å². The van der Waals surface area contributed by atoms with Gasteiger partial charge in [-0.1, -0.05) is 41.5 Å². The van der Waals surface area contributed by atoms with Crippen molar-refractivity contribution in [2.24, 2.45) is 10.8 Å². The Balaban J connectivity index is 0.000000389. The van der Waals surface area contributed by atoms with Crippen LogP contribution in [-0.4, -0.2) is 37.2 Å². The number of rotatable bonds is 9. The number of hydrogen-bond acceptors (Lipinski definition) is 6. The summed E-state index contributed by atoms with van der Waals surface area (Å²) < 4.78 is 25.4. The molecule has 0 spiro atoms. The standard InChI is InChI=1S/C14H20N2O4S.C13H17NO3/c1-5-14(3,4)13(18)15-11-6-8-12(9-7-11)21(19,20)16-10(2)17;1-4-13(2,3)12(17)14-10-7-5-9(6-8-10)11(15)16/h6-9H,5H2,1-4H3,(H,15,18)(H,16,17);5-8H,4H2,1-3H3,(H,14,17)(H,15,16). The Labute approximate surface area is 224 Å². The van der Waals surface area contributed by atoms with Gasteiger partial charge in [-0.25, -0.2) is 17.9 Å². The first-order valence-corrected chi connectivity index (χ1v) is 13.5. The molecule has 0 radical (unpaired) electrons. The lowest BCUT2D eigenvalue weighted by Crippen LogP contribution is -2.30. The monoisotopic (exact) mass is 547 g/mol. The van der Waals surface area contributed by atoms with Gasteiger partial charge in [0.1, 0.15) is 0 Å². The molecule has 0 fully saturated rings. The van der Waals surface area contributed by atoms with Crippen LogP contribution in [0.1, 0.15) is 71.7 Å². The summed E-state index contributed by atoms with van der Waals surface area (Å²) in [6, 6.07) is 11.8. The molecule has 4 N–H and O–H groups in total. The molecule has 0 saturated carbocycles. The maximum Gasteiger partial charge on any atom is 0.335 e. The Bertz CT molecular complexity index is 1250. The van der Waals surface area contributed by atoms with Crippen LogP contribution >= 0.6 is 0 Å². The number of anilines is 2. The molecule has 2 aromatic rings. The van der Waals surface area contributed by atoms with Gasteiger partial charge in [-0.15, -0.1) is 0 Å². The van der Waals surface area contributed by atoms with Crippen LogP contribution in [0.5, 0.6) is 0 Å². The number of carboxylic acid groups (broad SMARTS) is 1. The van der Waals surface area contributed by atoms with Gasteiger partial charge in [0.2, 0.25) is 17.7 Å². The Morgan fingerprint density at radius 1 is 0.737 bits per heavy atom. The topological polar surface area (TPSA) is 159 Å². The third kappa shape index (κ3) is 9.62. The summed E-state index contributed by atoms with van der Waals surface area (Å²) in [6.07, 6.45) is 1.43. The quantitative estimate of drug-likeness (QED) is 0.356. The van der Waals surface area contributed by atoms with Gasteiger partial charge in [0, 0.05) is 29.1 Å². The van der Waals surface area contributed by atoms with Crippen molar-refractivity contribution < 1.29 is 32.7 Å². The molecule has 2 rings (SSSR count). The Kier molecular flexibility index (Phi) is 11.2. The van der Waals surface area contributed by atoms with Crippen LogP contribution in [0.4, 0.5) is 11.4 Å². The van der Waals surface area contributed by atoms with Crippen molar-refractivity contribution in [1.82, 2.24) is 4.72 Å². The molecular weight excluding hydrogens is 510 g/mol. The Morgan fingerprint density at radius 3 is 1.42 bits per heavy atom. The van der Waals surface area contributed by atoms with Crippen LogP contribution in [-0.2, 0) is 24.4 Å². The van der Waals surface area contributed by atoms with E-state index in [1.807, 2.05) is 46.3 Å². The zero-order valence-corrected chi connectivity index (χ0v) is 23.7. The predicted octanol–water partition coefficient (Wildman–Crippen LogP) is 4.65. The van der Waals surface area contributed by atoms with Crippen molar-refractivity contribution in [2.75, 3.05) is 10.6 Å². The second-order valence-electron chi connectivity index (χ2n) is 9.95. The average Bonchev–Trinajstić information content (AvgIpc) is 2.84. The van der Waals surface area contributed by atoms with E-state index in [0.29, 0.717) is 17.8 Å². The van der Waals surface area contributed by atoms with Crippen molar-refractivity contribution in [2.45, 2.75) is 66.2 Å². The first kappa shape index (κ1) is 32.3. The minimum absolute atomic E-state index is 0.0366. The number of carboxylic acids is 1. The molecule has 2 aromatic carbocycles. The molecule has 0 bridgehead atoms. The van der Waals surface area contributed by atoms with Crippen molar-refractivity contribution in [3.63, 3.8) is 0 Å². The lowest BCUT2D eigenvalue weighted by atomic mass is 9.89. The second kappa shape index (κ2) is 13.2. The van der Waals surface area contributed by atoms with Crippen LogP contribution < -0.4 is 15.4 Å². The number of sulfonamides is 1. The molecule has 0 aliphatic rings. The molecule has 0 aromatic heterocycles. The molecule has 0 saturated heterocycles. The lowest BCUT2D eigenvalue weighted by Gasteiger charge is -2.21. The fraction of sp³-hybridized carbons (Fsp3) is 0.407. The number of carbonyl (C=O) groups excluding carboxylic acids is 3. The van der Waals surface area contributed by atoms with Crippen molar-refractivity contribution in [1.29, 1.82) is 0 Å². The number of hydrogen-bond donors (Lipinski definition) is 4. The van der Waals surface area contributed by atoms with Gasteiger partial charge in [0.05, 0.1) is 10.5 Å². The first-order chi connectivity index (χ1) is 17.4. The van der Waals surface area contributed by atoms with Gasteiger partial charge in [-0.2, -0.15) is 0 Å². The van der Waals surface area contributed by atoms with Crippen molar-refractivity contribution in [3.8, 4) is 0 Å². The highest BCUT2D eigenvalue weighted by atomic mass is 32.2. The fourth-order valence-corrected chi connectivity index (χ4v) is 3.57. The minimum atomic E-state index is -3.85. The molecule has 0 unspecified atom stereocenters. The number of nitrogens with one attached hydrogen (secondary N) is 3. The summed E-state index contributed by atoms with van der Waals surface area (Å²) >= 11 is 0. The van der Waals surface area contributed by atoms with Gasteiger partial charge < -0.3 is 15.7 Å². The highest BCUT2D eigenvalue weighted by molar-refractivity contribution is 7.90. The van der Waals surface area contributed by atoms with E-state index in [4.69, 9.17) is 5.11 Å². The Morgan fingerprint density at radius 2 is 1.11 bits per heavy atom. The summed E-state index contributed by atoms with van der Waals surface area (Å²) in [5.41, 5.74) is 0.398. The van der Waals surface area contributed by atoms with Gasteiger partial charge in [-0.05, 0) is 61.4 Å². The van der Waals surface area contributed by atoms with E-state index < -0.39 is 32.7 Å². The van der Waals surface area contributed by atoms with E-state index in [9.17, 15) is 27.6 Å². The Hall–Kier alpha value is -3.73. The normalized spacial score (nSPS) is 11.4. The maximum absolute atomic E-state index is 12.0. The second-order valence-corrected chi connectivity index (χ2v) is 11.6. The molecule has 0 heterocycles. The highest BCUT2D eigenvalue weighted by Gasteiger charge is 2.26. The number of benzene rings is 2. The van der Waals surface area contributed by atoms with E-state index in [-0.39, 0.29) is 22.3 Å². The molecule has 38 heavy (non-hydrogen) atoms. The molecule has 0 aliphatic heterocycles. The largest absolute Gasteiger partial charge is 0.478 e. The predicted molar refractivity (Wildman–Crippen MR) is 146 cm³/mol. The van der Waals surface area contributed by atoms with Crippen LogP contribution in [0.2, 0.25) is 0 Å². The van der Waals surface area contributed by atoms with Crippen LogP contribution in [0.25, 0.3) is 0 Å². The molecule has 0 atom stereocenters. The third-order valence-corrected chi connectivity index (χ3v) is 7.54. The summed E-state index contributed by atoms with van der Waals surface area (Å²) in [4.78, 5) is 45.3. The van der Waals surface area contributed by atoms with E-state index in [0.717, 1.165) is 13.3 Å². The van der Waals surface area contributed by atoms with Crippen molar-refractivity contribution >= 4 is 45.1 Å². The smallest absolute Gasteiger partial charge is 0.335 e. The summed E-state index contributed by atoms with van der Waals surface area (Å²) in [5, 5.41) is 14.2. The lowest BCUT2D eigenvalue weighted by molar-refractivity contribution is -0.124.